The summed E-state index contributed by atoms with van der Waals surface area (Å²) >= 11 is 0. The van der Waals surface area contributed by atoms with Gasteiger partial charge in [-0.3, -0.25) is 4.79 Å². The topological polar surface area (TPSA) is 59.0 Å². The minimum atomic E-state index is -0.869. The Morgan fingerprint density at radius 3 is 2.70 bits per heavy atom. The minimum absolute atomic E-state index is 0.0564. The molecule has 0 bridgehead atoms. The number of nitrogens with zero attached hydrogens (tertiary/aromatic N) is 1. The number of para-hydroxylation sites is 1. The first-order valence-electron chi connectivity index (χ1n) is 6.83. The van der Waals surface area contributed by atoms with Gasteiger partial charge in [-0.25, -0.2) is 0 Å². The zero-order valence-corrected chi connectivity index (χ0v) is 12.0. The van der Waals surface area contributed by atoms with E-state index in [1.54, 1.807) is 25.3 Å². The second-order valence-electron chi connectivity index (χ2n) is 5.14. The number of piperidine rings is 1. The normalized spacial score (nSPS) is 16.9. The molecule has 5 nitrogen and oxygen atoms in total. The van der Waals surface area contributed by atoms with Crippen LogP contribution in [-0.2, 0) is 11.2 Å². The Morgan fingerprint density at radius 2 is 2.10 bits per heavy atom. The summed E-state index contributed by atoms with van der Waals surface area (Å²) in [5.41, 5.74) is 0.663. The molecule has 0 radical (unpaired) electrons. The van der Waals surface area contributed by atoms with Gasteiger partial charge in [-0.1, -0.05) is 12.1 Å². The fourth-order valence-electron chi connectivity index (χ4n) is 2.43. The van der Waals surface area contributed by atoms with Gasteiger partial charge in [0.05, 0.1) is 13.5 Å². The van der Waals surface area contributed by atoms with Crippen LogP contribution < -0.4 is 9.47 Å². The molecule has 1 heterocycles. The number of carboxylic acid groups (broad SMARTS) is 1. The Hall–Kier alpha value is -1.75. The first-order chi connectivity index (χ1) is 9.60. The van der Waals surface area contributed by atoms with Crippen molar-refractivity contribution in [3.63, 3.8) is 0 Å². The molecule has 1 saturated heterocycles. The standard InChI is InChI=1S/C15H21NO4/c1-16-8-6-12(7-9-16)20-15-11(10-14(17)18)4-3-5-13(15)19-2/h3-5,12H,6-10H2,1-2H3,(H,17,18). The van der Waals surface area contributed by atoms with Gasteiger partial charge in [0.1, 0.15) is 6.10 Å². The molecule has 1 aliphatic heterocycles. The van der Waals surface area contributed by atoms with Gasteiger partial charge in [0.25, 0.3) is 0 Å². The third-order valence-electron chi connectivity index (χ3n) is 3.57. The molecule has 1 aromatic carbocycles. The minimum Gasteiger partial charge on any atom is -0.493 e. The molecule has 1 aromatic rings. The average molecular weight is 279 g/mol. The lowest BCUT2D eigenvalue weighted by Gasteiger charge is -2.30. The highest BCUT2D eigenvalue weighted by molar-refractivity contribution is 5.72. The number of hydrogen-bond donors (Lipinski definition) is 1. The highest BCUT2D eigenvalue weighted by Gasteiger charge is 2.21. The van der Waals surface area contributed by atoms with Gasteiger partial charge in [0.15, 0.2) is 11.5 Å². The second-order valence-corrected chi connectivity index (χ2v) is 5.14. The SMILES string of the molecule is COc1cccc(CC(=O)O)c1OC1CCN(C)CC1. The van der Waals surface area contributed by atoms with E-state index in [9.17, 15) is 4.79 Å². The van der Waals surface area contributed by atoms with E-state index in [4.69, 9.17) is 14.6 Å². The molecule has 0 saturated carbocycles. The molecule has 0 amide bonds. The Labute approximate surface area is 119 Å². The Morgan fingerprint density at radius 1 is 1.40 bits per heavy atom. The average Bonchev–Trinajstić information content (AvgIpc) is 2.42. The maximum absolute atomic E-state index is 11.0. The number of carbonyl (C=O) groups is 1. The molecule has 1 aliphatic rings. The summed E-state index contributed by atoms with van der Waals surface area (Å²) < 4.78 is 11.3. The molecule has 1 N–H and O–H groups in total. The van der Waals surface area contributed by atoms with Crippen molar-refractivity contribution in [2.75, 3.05) is 27.2 Å². The van der Waals surface area contributed by atoms with E-state index in [2.05, 4.69) is 11.9 Å². The van der Waals surface area contributed by atoms with Crippen LogP contribution in [0.15, 0.2) is 18.2 Å². The van der Waals surface area contributed by atoms with Crippen molar-refractivity contribution in [1.82, 2.24) is 4.90 Å². The van der Waals surface area contributed by atoms with Gasteiger partial charge in [-0.2, -0.15) is 0 Å². The molecule has 0 aromatic heterocycles. The number of hydrogen-bond acceptors (Lipinski definition) is 4. The van der Waals surface area contributed by atoms with E-state index in [1.165, 1.54) is 0 Å². The summed E-state index contributed by atoms with van der Waals surface area (Å²) in [5.74, 6) is 0.307. The van der Waals surface area contributed by atoms with Crippen molar-refractivity contribution in [2.24, 2.45) is 0 Å². The Balaban J connectivity index is 2.17. The largest absolute Gasteiger partial charge is 0.493 e. The van der Waals surface area contributed by atoms with Gasteiger partial charge < -0.3 is 19.5 Å². The number of methoxy groups -OCH3 is 1. The number of rotatable bonds is 5. The van der Waals surface area contributed by atoms with Crippen molar-refractivity contribution in [3.8, 4) is 11.5 Å². The molecule has 110 valence electrons. The van der Waals surface area contributed by atoms with E-state index >= 15 is 0 Å². The van der Waals surface area contributed by atoms with Gasteiger partial charge >= 0.3 is 5.97 Å². The molecule has 2 rings (SSSR count). The lowest BCUT2D eigenvalue weighted by Crippen LogP contribution is -2.35. The third-order valence-corrected chi connectivity index (χ3v) is 3.57. The molecule has 0 unspecified atom stereocenters. The predicted octanol–water partition coefficient (Wildman–Crippen LogP) is 1.80. The van der Waals surface area contributed by atoms with E-state index in [1.807, 2.05) is 0 Å². The fraction of sp³-hybridized carbons (Fsp3) is 0.533. The van der Waals surface area contributed by atoms with E-state index in [0.717, 1.165) is 25.9 Å². The van der Waals surface area contributed by atoms with Gasteiger partial charge in [-0.05, 0) is 26.0 Å². The molecule has 20 heavy (non-hydrogen) atoms. The lowest BCUT2D eigenvalue weighted by atomic mass is 10.1. The van der Waals surface area contributed by atoms with Crippen molar-refractivity contribution >= 4 is 5.97 Å². The van der Waals surface area contributed by atoms with E-state index in [-0.39, 0.29) is 12.5 Å². The molecule has 5 heteroatoms. The molecular weight excluding hydrogens is 258 g/mol. The smallest absolute Gasteiger partial charge is 0.307 e. The van der Waals surface area contributed by atoms with Crippen LogP contribution in [0.1, 0.15) is 18.4 Å². The predicted molar refractivity (Wildman–Crippen MR) is 75.5 cm³/mol. The van der Waals surface area contributed by atoms with Gasteiger partial charge in [0, 0.05) is 18.7 Å². The fourth-order valence-corrected chi connectivity index (χ4v) is 2.43. The zero-order valence-electron chi connectivity index (χ0n) is 12.0. The summed E-state index contributed by atoms with van der Waals surface area (Å²) in [6.07, 6.45) is 1.96. The summed E-state index contributed by atoms with van der Waals surface area (Å²) in [6.45, 7) is 1.99. The van der Waals surface area contributed by atoms with Gasteiger partial charge in [-0.15, -0.1) is 0 Å². The first kappa shape index (κ1) is 14.7. The molecule has 0 atom stereocenters. The molecule has 0 spiro atoms. The van der Waals surface area contributed by atoms with Crippen molar-refractivity contribution in [3.05, 3.63) is 23.8 Å². The van der Waals surface area contributed by atoms with Crippen LogP contribution in [0.2, 0.25) is 0 Å². The highest BCUT2D eigenvalue weighted by atomic mass is 16.5. The highest BCUT2D eigenvalue weighted by Crippen LogP contribution is 2.33. The Bertz CT molecular complexity index is 467. The maximum atomic E-state index is 11.0. The van der Waals surface area contributed by atoms with Crippen LogP contribution in [0, 0.1) is 0 Å². The van der Waals surface area contributed by atoms with Crippen LogP contribution in [0.3, 0.4) is 0 Å². The molecule has 1 fully saturated rings. The van der Waals surface area contributed by atoms with Crippen LogP contribution in [0.5, 0.6) is 11.5 Å². The summed E-state index contributed by atoms with van der Waals surface area (Å²) in [6, 6.07) is 5.37. The van der Waals surface area contributed by atoms with Crippen molar-refractivity contribution in [2.45, 2.75) is 25.4 Å². The Kier molecular flexibility index (Phi) is 4.84. The summed E-state index contributed by atoms with van der Waals surface area (Å²) in [5, 5.41) is 8.99. The first-order valence-corrected chi connectivity index (χ1v) is 6.83. The number of ether oxygens (including phenoxy) is 2. The lowest BCUT2D eigenvalue weighted by molar-refractivity contribution is -0.136. The van der Waals surface area contributed by atoms with Crippen LogP contribution >= 0.6 is 0 Å². The monoisotopic (exact) mass is 279 g/mol. The summed E-state index contributed by atoms with van der Waals surface area (Å²) in [7, 11) is 3.66. The number of aliphatic carboxylic acids is 1. The summed E-state index contributed by atoms with van der Waals surface area (Å²) in [4.78, 5) is 13.2. The van der Waals surface area contributed by atoms with Crippen LogP contribution in [-0.4, -0.2) is 49.3 Å². The third kappa shape index (κ3) is 3.63. The van der Waals surface area contributed by atoms with Crippen molar-refractivity contribution < 1.29 is 19.4 Å². The van der Waals surface area contributed by atoms with Crippen molar-refractivity contribution in [1.29, 1.82) is 0 Å². The number of benzene rings is 1. The maximum Gasteiger partial charge on any atom is 0.307 e. The molecule has 0 aliphatic carbocycles. The quantitative estimate of drug-likeness (QED) is 0.890. The number of carboxylic acids is 1. The van der Waals surface area contributed by atoms with E-state index in [0.29, 0.717) is 17.1 Å². The number of likely N-dealkylation sites (tertiary alicyclic amines) is 1. The second kappa shape index (κ2) is 6.61. The zero-order chi connectivity index (χ0) is 14.5. The molecular formula is C15H21NO4. The van der Waals surface area contributed by atoms with Crippen LogP contribution in [0.4, 0.5) is 0 Å². The van der Waals surface area contributed by atoms with Gasteiger partial charge in [0.2, 0.25) is 0 Å². The van der Waals surface area contributed by atoms with E-state index < -0.39 is 5.97 Å². The van der Waals surface area contributed by atoms with Crippen LogP contribution in [0.25, 0.3) is 0 Å².